The van der Waals surface area contributed by atoms with Gasteiger partial charge in [0.05, 0.1) is 0 Å². The topological polar surface area (TPSA) is 63.2 Å². The number of aromatic amines is 4. The molecule has 0 aromatic carbocycles. The monoisotopic (exact) mass is 212 g/mol. The maximum absolute atomic E-state index is 4.90. The Bertz CT molecular complexity index is 454. The molecule has 2 heterocycles. The second-order valence-electron chi connectivity index (χ2n) is 2.71. The summed E-state index contributed by atoms with van der Waals surface area (Å²) < 4.78 is 1.29. The predicted octanol–water partition coefficient (Wildman–Crippen LogP) is 2.05. The van der Waals surface area contributed by atoms with Crippen LogP contribution in [-0.2, 0) is 6.42 Å². The van der Waals surface area contributed by atoms with Crippen LogP contribution < -0.4 is 0 Å². The first-order valence-electron chi connectivity index (χ1n) is 3.77. The summed E-state index contributed by atoms with van der Waals surface area (Å²) in [5.41, 5.74) is 2.07. The van der Waals surface area contributed by atoms with Gasteiger partial charge in [0.15, 0.2) is 9.54 Å². The summed E-state index contributed by atoms with van der Waals surface area (Å²) in [6, 6.07) is 0. The maximum atomic E-state index is 4.90. The minimum atomic E-state index is 0.643. The number of rotatable bonds is 2. The quantitative estimate of drug-likeness (QED) is 0.576. The lowest BCUT2D eigenvalue weighted by Gasteiger charge is -1.90. The van der Waals surface area contributed by atoms with Crippen LogP contribution in [0.15, 0.2) is 12.4 Å². The van der Waals surface area contributed by atoms with Crippen LogP contribution in [0.25, 0.3) is 0 Å². The Morgan fingerprint density at radius 3 is 1.69 bits per heavy atom. The third-order valence-corrected chi connectivity index (χ3v) is 2.12. The predicted molar refractivity (Wildman–Crippen MR) is 54.8 cm³/mol. The van der Waals surface area contributed by atoms with Gasteiger partial charge in [0.25, 0.3) is 0 Å². The highest BCUT2D eigenvalue weighted by molar-refractivity contribution is 7.71. The van der Waals surface area contributed by atoms with Gasteiger partial charge in [0, 0.05) is 30.2 Å². The molecule has 0 radical (unpaired) electrons. The van der Waals surface area contributed by atoms with Crippen molar-refractivity contribution in [1.82, 2.24) is 19.9 Å². The average molecular weight is 212 g/mol. The van der Waals surface area contributed by atoms with Crippen molar-refractivity contribution < 1.29 is 0 Å². The highest BCUT2D eigenvalue weighted by Crippen LogP contribution is 2.02. The van der Waals surface area contributed by atoms with E-state index < -0.39 is 0 Å². The zero-order chi connectivity index (χ0) is 9.26. The van der Waals surface area contributed by atoms with Gasteiger partial charge in [0.1, 0.15) is 0 Å². The molecular formula is C7H8N4S2. The molecule has 6 heteroatoms. The van der Waals surface area contributed by atoms with E-state index in [0.717, 1.165) is 17.8 Å². The van der Waals surface area contributed by atoms with Crippen molar-refractivity contribution >= 4 is 24.4 Å². The van der Waals surface area contributed by atoms with Crippen molar-refractivity contribution in [2.45, 2.75) is 6.42 Å². The lowest BCUT2D eigenvalue weighted by Crippen LogP contribution is -1.87. The van der Waals surface area contributed by atoms with E-state index in [0.29, 0.717) is 9.54 Å². The van der Waals surface area contributed by atoms with Crippen molar-refractivity contribution in [2.24, 2.45) is 0 Å². The zero-order valence-corrected chi connectivity index (χ0v) is 8.31. The second-order valence-corrected chi connectivity index (χ2v) is 3.53. The largest absolute Gasteiger partial charge is 0.337 e. The van der Waals surface area contributed by atoms with Gasteiger partial charge in [-0.25, -0.2) is 0 Å². The van der Waals surface area contributed by atoms with Crippen LogP contribution in [-0.4, -0.2) is 19.9 Å². The molecule has 2 aromatic rings. The van der Waals surface area contributed by atoms with E-state index in [1.165, 1.54) is 0 Å². The van der Waals surface area contributed by atoms with E-state index in [1.54, 1.807) is 0 Å². The fourth-order valence-corrected chi connectivity index (χ4v) is 1.52. The third kappa shape index (κ3) is 1.96. The van der Waals surface area contributed by atoms with E-state index in [2.05, 4.69) is 19.9 Å². The molecule has 13 heavy (non-hydrogen) atoms. The molecule has 0 spiro atoms. The molecule has 4 nitrogen and oxygen atoms in total. The molecule has 0 bridgehead atoms. The minimum Gasteiger partial charge on any atom is -0.337 e. The summed E-state index contributed by atoms with van der Waals surface area (Å²) in [5.74, 6) is 0. The molecule has 0 aliphatic heterocycles. The van der Waals surface area contributed by atoms with Gasteiger partial charge in [-0.3, -0.25) is 0 Å². The van der Waals surface area contributed by atoms with Crippen molar-refractivity contribution in [3.05, 3.63) is 33.3 Å². The third-order valence-electron chi connectivity index (χ3n) is 1.68. The summed E-state index contributed by atoms with van der Waals surface area (Å²) in [4.78, 5) is 11.9. The molecule has 0 atom stereocenters. The van der Waals surface area contributed by atoms with Crippen molar-refractivity contribution in [1.29, 1.82) is 0 Å². The number of H-pyrrole nitrogens is 4. The molecule has 2 rings (SSSR count). The van der Waals surface area contributed by atoms with E-state index in [1.807, 2.05) is 12.4 Å². The van der Waals surface area contributed by atoms with Crippen LogP contribution in [0.4, 0.5) is 0 Å². The first-order chi connectivity index (χ1) is 6.24. The molecule has 0 amide bonds. The standard InChI is InChI=1S/C7H8N4S2/c12-6-8-2-4(10-6)1-5-3-9-7(13)11-5/h2-3H,1H2,(H2,8,10,12)(H2,9,11,13). The summed E-state index contributed by atoms with van der Waals surface area (Å²) in [5, 5.41) is 0. The Hall–Kier alpha value is -1.14. The van der Waals surface area contributed by atoms with Crippen molar-refractivity contribution in [3.8, 4) is 0 Å². The highest BCUT2D eigenvalue weighted by Gasteiger charge is 1.98. The SMILES string of the molecule is S=c1[nH]cc(Cc2c[nH]c(=S)[nH]2)[nH]1. The number of hydrogen-bond donors (Lipinski definition) is 4. The van der Waals surface area contributed by atoms with Crippen LogP contribution >= 0.6 is 24.4 Å². The van der Waals surface area contributed by atoms with Gasteiger partial charge in [-0.15, -0.1) is 0 Å². The van der Waals surface area contributed by atoms with Crippen LogP contribution in [0.5, 0.6) is 0 Å². The van der Waals surface area contributed by atoms with Gasteiger partial charge < -0.3 is 19.9 Å². The van der Waals surface area contributed by atoms with Crippen LogP contribution in [0.3, 0.4) is 0 Å². The summed E-state index contributed by atoms with van der Waals surface area (Å²) in [6.45, 7) is 0. The molecule has 4 N–H and O–H groups in total. The Labute approximate surface area is 84.4 Å². The zero-order valence-electron chi connectivity index (χ0n) is 6.68. The van der Waals surface area contributed by atoms with Gasteiger partial charge in [-0.2, -0.15) is 0 Å². The fourth-order valence-electron chi connectivity index (χ4n) is 1.14. The van der Waals surface area contributed by atoms with E-state index in [-0.39, 0.29) is 0 Å². The van der Waals surface area contributed by atoms with E-state index >= 15 is 0 Å². The van der Waals surface area contributed by atoms with Crippen molar-refractivity contribution in [3.63, 3.8) is 0 Å². The fraction of sp³-hybridized carbons (Fsp3) is 0.143. The van der Waals surface area contributed by atoms with Crippen LogP contribution in [0.2, 0.25) is 0 Å². The number of aromatic nitrogens is 4. The Balaban J connectivity index is 2.23. The number of nitrogens with one attached hydrogen (secondary N) is 4. The van der Waals surface area contributed by atoms with Crippen LogP contribution in [0.1, 0.15) is 11.4 Å². The van der Waals surface area contributed by atoms with Crippen molar-refractivity contribution in [2.75, 3.05) is 0 Å². The molecule has 0 saturated carbocycles. The normalized spacial score (nSPS) is 10.5. The Kier molecular flexibility index (Phi) is 2.15. The average Bonchev–Trinajstić information content (AvgIpc) is 2.62. The maximum Gasteiger partial charge on any atom is 0.174 e. The van der Waals surface area contributed by atoms with Crippen LogP contribution in [0, 0.1) is 9.54 Å². The summed E-state index contributed by atoms with van der Waals surface area (Å²) in [7, 11) is 0. The van der Waals surface area contributed by atoms with E-state index in [4.69, 9.17) is 24.4 Å². The lowest BCUT2D eigenvalue weighted by atomic mass is 10.3. The Morgan fingerprint density at radius 1 is 0.923 bits per heavy atom. The Morgan fingerprint density at radius 2 is 1.38 bits per heavy atom. The number of hydrogen-bond acceptors (Lipinski definition) is 2. The first kappa shape index (κ1) is 8.46. The molecule has 0 fully saturated rings. The van der Waals surface area contributed by atoms with Gasteiger partial charge in [0.2, 0.25) is 0 Å². The lowest BCUT2D eigenvalue weighted by molar-refractivity contribution is 1.05. The molecule has 0 unspecified atom stereocenters. The van der Waals surface area contributed by atoms with E-state index in [9.17, 15) is 0 Å². The molecule has 68 valence electrons. The van der Waals surface area contributed by atoms with Gasteiger partial charge in [-0.05, 0) is 24.4 Å². The summed E-state index contributed by atoms with van der Waals surface area (Å²) >= 11 is 9.81. The molecular weight excluding hydrogens is 204 g/mol. The molecule has 0 aliphatic carbocycles. The second kappa shape index (κ2) is 3.31. The van der Waals surface area contributed by atoms with Gasteiger partial charge in [-0.1, -0.05) is 0 Å². The highest BCUT2D eigenvalue weighted by atomic mass is 32.1. The summed E-state index contributed by atoms with van der Waals surface area (Å²) in [6.07, 6.45) is 4.47. The molecule has 2 aromatic heterocycles. The first-order valence-corrected chi connectivity index (χ1v) is 4.59. The smallest absolute Gasteiger partial charge is 0.174 e. The number of imidazole rings is 2. The molecule has 0 aliphatic rings. The molecule has 0 saturated heterocycles. The van der Waals surface area contributed by atoms with Gasteiger partial charge >= 0.3 is 0 Å². The minimum absolute atomic E-state index is 0.643.